The van der Waals surface area contributed by atoms with Gasteiger partial charge in [0.1, 0.15) is 0 Å². The van der Waals surface area contributed by atoms with E-state index in [2.05, 4.69) is 19.2 Å². The van der Waals surface area contributed by atoms with E-state index >= 15 is 0 Å². The average Bonchev–Trinajstić information content (AvgIpc) is 2.64. The highest BCUT2D eigenvalue weighted by molar-refractivity contribution is 4.94. The van der Waals surface area contributed by atoms with E-state index in [1.807, 2.05) is 0 Å². The molecule has 0 aliphatic heterocycles. The van der Waals surface area contributed by atoms with Crippen LogP contribution in [0.3, 0.4) is 0 Å². The molecule has 0 spiro atoms. The third kappa shape index (κ3) is 1.52. The molecule has 0 saturated heterocycles. The van der Waals surface area contributed by atoms with Gasteiger partial charge in [0.25, 0.3) is 0 Å². The summed E-state index contributed by atoms with van der Waals surface area (Å²) >= 11 is 0. The molecule has 0 aromatic carbocycles. The summed E-state index contributed by atoms with van der Waals surface area (Å²) in [5.41, 5.74) is 0. The predicted molar refractivity (Wildman–Crippen MR) is 52.1 cm³/mol. The molecule has 4 unspecified atom stereocenters. The van der Waals surface area contributed by atoms with Gasteiger partial charge in [-0.15, -0.1) is 0 Å². The van der Waals surface area contributed by atoms with Crippen molar-refractivity contribution in [3.8, 4) is 0 Å². The van der Waals surface area contributed by atoms with E-state index in [4.69, 9.17) is 0 Å². The Morgan fingerprint density at radius 1 is 1.33 bits per heavy atom. The lowest BCUT2D eigenvalue weighted by molar-refractivity contribution is 0.321. The van der Waals surface area contributed by atoms with Crippen molar-refractivity contribution < 1.29 is 0 Å². The minimum atomic E-state index is 0.731. The van der Waals surface area contributed by atoms with Crippen LogP contribution in [0.15, 0.2) is 0 Å². The first kappa shape index (κ1) is 8.55. The first-order valence-electron chi connectivity index (χ1n) is 5.55. The maximum atomic E-state index is 3.76. The molecular formula is C11H21N. The van der Waals surface area contributed by atoms with Crippen LogP contribution in [0.5, 0.6) is 0 Å². The van der Waals surface area contributed by atoms with Crippen LogP contribution < -0.4 is 5.32 Å². The molecule has 1 N–H and O–H groups in total. The van der Waals surface area contributed by atoms with Crippen molar-refractivity contribution in [2.75, 3.05) is 0 Å². The predicted octanol–water partition coefficient (Wildman–Crippen LogP) is 2.56. The Labute approximate surface area is 75.9 Å². The van der Waals surface area contributed by atoms with E-state index < -0.39 is 0 Å². The lowest BCUT2D eigenvalue weighted by Crippen LogP contribution is -2.39. The number of rotatable bonds is 3. The fourth-order valence-corrected chi connectivity index (χ4v) is 2.93. The van der Waals surface area contributed by atoms with Gasteiger partial charge in [0.15, 0.2) is 0 Å². The molecule has 2 rings (SSSR count). The molecular weight excluding hydrogens is 146 g/mol. The zero-order valence-electron chi connectivity index (χ0n) is 8.34. The second-order valence-corrected chi connectivity index (χ2v) is 4.76. The smallest absolute Gasteiger partial charge is 0.0100 e. The van der Waals surface area contributed by atoms with Crippen LogP contribution in [-0.4, -0.2) is 12.1 Å². The van der Waals surface area contributed by atoms with Gasteiger partial charge in [0.2, 0.25) is 0 Å². The molecule has 0 amide bonds. The molecule has 12 heavy (non-hydrogen) atoms. The molecule has 4 atom stereocenters. The second-order valence-electron chi connectivity index (χ2n) is 4.76. The summed E-state index contributed by atoms with van der Waals surface area (Å²) in [5.74, 6) is 2.11. The molecule has 70 valence electrons. The van der Waals surface area contributed by atoms with E-state index in [1.54, 1.807) is 0 Å². The maximum Gasteiger partial charge on any atom is 0.0100 e. The van der Waals surface area contributed by atoms with E-state index in [-0.39, 0.29) is 0 Å². The molecule has 1 heteroatoms. The summed E-state index contributed by atoms with van der Waals surface area (Å²) in [6.07, 6.45) is 7.28. The summed E-state index contributed by atoms with van der Waals surface area (Å²) in [7, 11) is 0. The number of nitrogens with one attached hydrogen (secondary N) is 1. The van der Waals surface area contributed by atoms with E-state index in [0.29, 0.717) is 0 Å². The number of hydrogen-bond donors (Lipinski definition) is 1. The quantitative estimate of drug-likeness (QED) is 0.681. The van der Waals surface area contributed by atoms with E-state index in [9.17, 15) is 0 Å². The summed E-state index contributed by atoms with van der Waals surface area (Å²) in [4.78, 5) is 0. The number of hydrogen-bond acceptors (Lipinski definition) is 1. The van der Waals surface area contributed by atoms with Gasteiger partial charge in [0, 0.05) is 12.1 Å². The summed E-state index contributed by atoms with van der Waals surface area (Å²) < 4.78 is 0. The Bertz CT molecular complexity index is 155. The van der Waals surface area contributed by atoms with Gasteiger partial charge < -0.3 is 5.32 Å². The van der Waals surface area contributed by atoms with E-state index in [0.717, 1.165) is 23.9 Å². The zero-order valence-corrected chi connectivity index (χ0v) is 8.34. The Hall–Kier alpha value is -0.0400. The van der Waals surface area contributed by atoms with Gasteiger partial charge in [-0.2, -0.15) is 0 Å². The Balaban J connectivity index is 1.82. The summed E-state index contributed by atoms with van der Waals surface area (Å²) in [6, 6.07) is 1.60. The van der Waals surface area contributed by atoms with Crippen molar-refractivity contribution in [2.24, 2.45) is 11.8 Å². The highest BCUT2D eigenvalue weighted by atomic mass is 15.0. The molecule has 0 aromatic heterocycles. The minimum Gasteiger partial charge on any atom is -0.311 e. The van der Waals surface area contributed by atoms with Gasteiger partial charge in [-0.25, -0.2) is 0 Å². The molecule has 2 saturated carbocycles. The van der Waals surface area contributed by atoms with Gasteiger partial charge in [-0.05, 0) is 44.4 Å². The Morgan fingerprint density at radius 3 is 2.67 bits per heavy atom. The Morgan fingerprint density at radius 2 is 2.17 bits per heavy atom. The van der Waals surface area contributed by atoms with Crippen LogP contribution in [-0.2, 0) is 0 Å². The van der Waals surface area contributed by atoms with Crippen molar-refractivity contribution in [2.45, 2.75) is 58.0 Å². The fraction of sp³-hybridized carbons (Fsp3) is 1.00. The molecule has 2 aliphatic carbocycles. The van der Waals surface area contributed by atoms with Crippen molar-refractivity contribution in [3.05, 3.63) is 0 Å². The van der Waals surface area contributed by atoms with Crippen molar-refractivity contribution >= 4 is 0 Å². The lowest BCUT2D eigenvalue weighted by Gasteiger charge is -2.26. The summed E-state index contributed by atoms with van der Waals surface area (Å²) in [6.45, 7) is 4.58. The van der Waals surface area contributed by atoms with Crippen LogP contribution in [0.1, 0.15) is 46.0 Å². The molecule has 1 nitrogen and oxygen atoms in total. The van der Waals surface area contributed by atoms with Crippen LogP contribution in [0, 0.1) is 11.8 Å². The van der Waals surface area contributed by atoms with Gasteiger partial charge >= 0.3 is 0 Å². The maximum absolute atomic E-state index is 3.76. The third-order valence-electron chi connectivity index (χ3n) is 3.85. The molecule has 2 aliphatic rings. The Kier molecular flexibility index (Phi) is 2.40. The van der Waals surface area contributed by atoms with Gasteiger partial charge in [-0.3, -0.25) is 0 Å². The summed E-state index contributed by atoms with van der Waals surface area (Å²) in [5, 5.41) is 3.76. The average molecular weight is 167 g/mol. The number of fused-ring (bicyclic) bond motifs is 2. The van der Waals surface area contributed by atoms with Crippen molar-refractivity contribution in [1.82, 2.24) is 5.32 Å². The third-order valence-corrected chi connectivity index (χ3v) is 3.85. The van der Waals surface area contributed by atoms with Crippen molar-refractivity contribution in [3.63, 3.8) is 0 Å². The van der Waals surface area contributed by atoms with Crippen LogP contribution in [0.25, 0.3) is 0 Å². The standard InChI is InChI=1S/C11H21N/c1-3-8(2)12-11-7-9-4-5-10(11)6-9/h8-12H,3-7H2,1-2H3. The van der Waals surface area contributed by atoms with Gasteiger partial charge in [-0.1, -0.05) is 13.3 Å². The molecule has 2 bridgehead atoms. The van der Waals surface area contributed by atoms with E-state index in [1.165, 1.54) is 32.1 Å². The van der Waals surface area contributed by atoms with Crippen LogP contribution >= 0.6 is 0 Å². The first-order chi connectivity index (χ1) is 5.79. The largest absolute Gasteiger partial charge is 0.311 e. The first-order valence-corrected chi connectivity index (χ1v) is 5.55. The topological polar surface area (TPSA) is 12.0 Å². The SMILES string of the molecule is CCC(C)NC1CC2CCC1C2. The van der Waals surface area contributed by atoms with Crippen molar-refractivity contribution in [1.29, 1.82) is 0 Å². The minimum absolute atomic E-state index is 0.731. The van der Waals surface area contributed by atoms with Gasteiger partial charge in [0.05, 0.1) is 0 Å². The molecule has 0 radical (unpaired) electrons. The zero-order chi connectivity index (χ0) is 8.55. The second kappa shape index (κ2) is 3.37. The van der Waals surface area contributed by atoms with Crippen LogP contribution in [0.2, 0.25) is 0 Å². The molecule has 0 heterocycles. The normalized spacial score (nSPS) is 42.0. The monoisotopic (exact) mass is 167 g/mol. The highest BCUT2D eigenvalue weighted by Gasteiger charge is 2.39. The molecule has 2 fully saturated rings. The fourth-order valence-electron chi connectivity index (χ4n) is 2.93. The highest BCUT2D eigenvalue weighted by Crippen LogP contribution is 2.44. The lowest BCUT2D eigenvalue weighted by atomic mass is 9.94. The molecule has 0 aromatic rings. The van der Waals surface area contributed by atoms with Crippen LogP contribution in [0.4, 0.5) is 0 Å².